The molecule has 0 radical (unpaired) electrons. The number of aromatic nitrogens is 1. The van der Waals surface area contributed by atoms with Crippen LogP contribution < -0.4 is 5.32 Å². The van der Waals surface area contributed by atoms with Crippen molar-refractivity contribution in [1.29, 1.82) is 0 Å². The van der Waals surface area contributed by atoms with Crippen molar-refractivity contribution < 1.29 is 0 Å². The highest BCUT2D eigenvalue weighted by atomic mass is 35.5. The number of halogens is 2. The normalized spacial score (nSPS) is 11.0. The van der Waals surface area contributed by atoms with Crippen LogP contribution in [0, 0.1) is 0 Å². The molecule has 0 atom stereocenters. The standard InChI is InChI=1S/C16H20Cl2N2S/c1-3-5-14-15(10-19-6-4-2)21-16(20-14)11-7-12(17)9-13(18)8-11/h7-9,19H,3-6,10H2,1-2H3. The molecule has 0 amide bonds. The van der Waals surface area contributed by atoms with Gasteiger partial charge in [0.15, 0.2) is 0 Å². The maximum Gasteiger partial charge on any atom is 0.124 e. The predicted molar refractivity (Wildman–Crippen MR) is 93.6 cm³/mol. The molecule has 1 aromatic carbocycles. The second kappa shape index (κ2) is 8.14. The van der Waals surface area contributed by atoms with Gasteiger partial charge in [-0.15, -0.1) is 11.3 Å². The minimum absolute atomic E-state index is 0.649. The van der Waals surface area contributed by atoms with E-state index in [0.717, 1.165) is 42.9 Å². The first-order valence-electron chi connectivity index (χ1n) is 7.29. The number of hydrogen-bond donors (Lipinski definition) is 1. The van der Waals surface area contributed by atoms with E-state index in [2.05, 4.69) is 19.2 Å². The molecule has 1 aromatic heterocycles. The van der Waals surface area contributed by atoms with Crippen LogP contribution in [-0.2, 0) is 13.0 Å². The lowest BCUT2D eigenvalue weighted by molar-refractivity contribution is 0.674. The van der Waals surface area contributed by atoms with Crippen LogP contribution in [0.4, 0.5) is 0 Å². The SMILES string of the molecule is CCCNCc1sc(-c2cc(Cl)cc(Cl)c2)nc1CCC. The predicted octanol–water partition coefficient (Wildman–Crippen LogP) is 5.57. The Morgan fingerprint density at radius 2 is 1.81 bits per heavy atom. The van der Waals surface area contributed by atoms with Gasteiger partial charge < -0.3 is 5.32 Å². The zero-order valence-corrected chi connectivity index (χ0v) is 14.7. The zero-order valence-electron chi connectivity index (χ0n) is 12.4. The zero-order chi connectivity index (χ0) is 15.2. The first kappa shape index (κ1) is 16.8. The van der Waals surface area contributed by atoms with Crippen molar-refractivity contribution in [2.75, 3.05) is 6.54 Å². The van der Waals surface area contributed by atoms with Gasteiger partial charge in [-0.1, -0.05) is 43.5 Å². The Kier molecular flexibility index (Phi) is 6.49. The van der Waals surface area contributed by atoms with Crippen molar-refractivity contribution in [3.63, 3.8) is 0 Å². The van der Waals surface area contributed by atoms with E-state index >= 15 is 0 Å². The molecule has 21 heavy (non-hydrogen) atoms. The molecule has 0 aliphatic heterocycles. The highest BCUT2D eigenvalue weighted by molar-refractivity contribution is 7.15. The topological polar surface area (TPSA) is 24.9 Å². The second-order valence-electron chi connectivity index (χ2n) is 4.97. The minimum Gasteiger partial charge on any atom is -0.312 e. The Balaban J connectivity index is 2.29. The monoisotopic (exact) mass is 342 g/mol. The van der Waals surface area contributed by atoms with Gasteiger partial charge in [0.05, 0.1) is 5.69 Å². The Bertz CT molecular complexity index is 576. The summed E-state index contributed by atoms with van der Waals surface area (Å²) in [5.41, 5.74) is 2.19. The number of nitrogens with one attached hydrogen (secondary N) is 1. The van der Waals surface area contributed by atoms with E-state index < -0.39 is 0 Å². The lowest BCUT2D eigenvalue weighted by Crippen LogP contribution is -2.13. The molecule has 2 nitrogen and oxygen atoms in total. The van der Waals surface area contributed by atoms with Gasteiger partial charge in [0, 0.05) is 27.0 Å². The van der Waals surface area contributed by atoms with Gasteiger partial charge in [0.1, 0.15) is 5.01 Å². The lowest BCUT2D eigenvalue weighted by atomic mass is 10.2. The molecule has 0 spiro atoms. The Labute approximate surface area is 140 Å². The third kappa shape index (κ3) is 4.68. The van der Waals surface area contributed by atoms with Gasteiger partial charge in [-0.3, -0.25) is 0 Å². The Hall–Kier alpha value is -0.610. The maximum absolute atomic E-state index is 6.09. The molecule has 0 unspecified atom stereocenters. The van der Waals surface area contributed by atoms with E-state index in [-0.39, 0.29) is 0 Å². The minimum atomic E-state index is 0.649. The van der Waals surface area contributed by atoms with Crippen LogP contribution in [0.3, 0.4) is 0 Å². The van der Waals surface area contributed by atoms with Crippen LogP contribution in [0.25, 0.3) is 10.6 Å². The Morgan fingerprint density at radius 3 is 2.43 bits per heavy atom. The molecule has 2 aromatic rings. The summed E-state index contributed by atoms with van der Waals surface area (Å²) in [6.45, 7) is 6.27. The van der Waals surface area contributed by atoms with Crippen molar-refractivity contribution in [1.82, 2.24) is 10.3 Å². The summed E-state index contributed by atoms with van der Waals surface area (Å²) in [7, 11) is 0. The molecule has 0 bridgehead atoms. The van der Waals surface area contributed by atoms with Crippen LogP contribution in [-0.4, -0.2) is 11.5 Å². The quantitative estimate of drug-likeness (QED) is 0.665. The molecular weight excluding hydrogens is 323 g/mol. The molecule has 2 rings (SSSR count). The summed E-state index contributed by atoms with van der Waals surface area (Å²) in [5, 5.41) is 5.75. The third-order valence-electron chi connectivity index (χ3n) is 3.09. The van der Waals surface area contributed by atoms with Gasteiger partial charge in [-0.25, -0.2) is 4.98 Å². The van der Waals surface area contributed by atoms with E-state index in [1.165, 1.54) is 10.6 Å². The number of aryl methyl sites for hydroxylation is 1. The fourth-order valence-corrected chi connectivity index (χ4v) is 3.72. The van der Waals surface area contributed by atoms with E-state index in [4.69, 9.17) is 28.2 Å². The van der Waals surface area contributed by atoms with E-state index in [1.807, 2.05) is 12.1 Å². The fraction of sp³-hybridized carbons (Fsp3) is 0.438. The van der Waals surface area contributed by atoms with Crippen molar-refractivity contribution in [3.8, 4) is 10.6 Å². The average molecular weight is 343 g/mol. The second-order valence-corrected chi connectivity index (χ2v) is 6.93. The van der Waals surface area contributed by atoms with Crippen LogP contribution in [0.5, 0.6) is 0 Å². The van der Waals surface area contributed by atoms with Gasteiger partial charge in [-0.05, 0) is 37.6 Å². The summed E-state index contributed by atoms with van der Waals surface area (Å²) in [6, 6.07) is 5.59. The number of benzene rings is 1. The van der Waals surface area contributed by atoms with Crippen molar-refractivity contribution in [2.45, 2.75) is 39.7 Å². The van der Waals surface area contributed by atoms with Crippen LogP contribution in [0.2, 0.25) is 10.0 Å². The summed E-state index contributed by atoms with van der Waals surface area (Å²) >= 11 is 13.9. The largest absolute Gasteiger partial charge is 0.312 e. The molecule has 1 heterocycles. The summed E-state index contributed by atoms with van der Waals surface area (Å²) in [6.07, 6.45) is 3.24. The molecule has 0 saturated carbocycles. The van der Waals surface area contributed by atoms with Crippen molar-refractivity contribution in [3.05, 3.63) is 38.8 Å². The first-order chi connectivity index (χ1) is 10.1. The highest BCUT2D eigenvalue weighted by Crippen LogP contribution is 2.32. The van der Waals surface area contributed by atoms with E-state index in [0.29, 0.717) is 10.0 Å². The van der Waals surface area contributed by atoms with Gasteiger partial charge in [0.25, 0.3) is 0 Å². The van der Waals surface area contributed by atoms with Gasteiger partial charge in [0.2, 0.25) is 0 Å². The number of thiazole rings is 1. The third-order valence-corrected chi connectivity index (χ3v) is 4.67. The van der Waals surface area contributed by atoms with Crippen LogP contribution in [0.15, 0.2) is 18.2 Å². The molecular formula is C16H20Cl2N2S. The molecule has 0 saturated heterocycles. The molecule has 0 aliphatic carbocycles. The summed E-state index contributed by atoms with van der Waals surface area (Å²) in [5.74, 6) is 0. The molecule has 0 aliphatic rings. The smallest absolute Gasteiger partial charge is 0.124 e. The molecule has 1 N–H and O–H groups in total. The van der Waals surface area contributed by atoms with Crippen molar-refractivity contribution in [2.24, 2.45) is 0 Å². The van der Waals surface area contributed by atoms with E-state index in [1.54, 1.807) is 17.4 Å². The number of rotatable bonds is 7. The lowest BCUT2D eigenvalue weighted by Gasteiger charge is -2.02. The van der Waals surface area contributed by atoms with Crippen LogP contribution >= 0.6 is 34.5 Å². The van der Waals surface area contributed by atoms with Gasteiger partial charge in [-0.2, -0.15) is 0 Å². The summed E-state index contributed by atoms with van der Waals surface area (Å²) < 4.78 is 0. The highest BCUT2D eigenvalue weighted by Gasteiger charge is 2.12. The Morgan fingerprint density at radius 1 is 1.10 bits per heavy atom. The van der Waals surface area contributed by atoms with Crippen LogP contribution in [0.1, 0.15) is 37.3 Å². The number of hydrogen-bond acceptors (Lipinski definition) is 3. The first-order valence-corrected chi connectivity index (χ1v) is 8.87. The molecule has 114 valence electrons. The van der Waals surface area contributed by atoms with E-state index in [9.17, 15) is 0 Å². The van der Waals surface area contributed by atoms with Crippen molar-refractivity contribution >= 4 is 34.5 Å². The average Bonchev–Trinajstić information content (AvgIpc) is 2.82. The maximum atomic E-state index is 6.09. The summed E-state index contributed by atoms with van der Waals surface area (Å²) in [4.78, 5) is 6.11. The van der Waals surface area contributed by atoms with Gasteiger partial charge >= 0.3 is 0 Å². The number of nitrogens with zero attached hydrogens (tertiary/aromatic N) is 1. The molecule has 5 heteroatoms. The fourth-order valence-electron chi connectivity index (χ4n) is 2.13. The molecule has 0 fully saturated rings.